The molecule has 0 aliphatic rings. The summed E-state index contributed by atoms with van der Waals surface area (Å²) in [7, 11) is 3.06. The minimum absolute atomic E-state index is 0.120. The van der Waals surface area contributed by atoms with Crippen molar-refractivity contribution in [3.05, 3.63) is 70.1 Å². The molecule has 0 fully saturated rings. The zero-order chi connectivity index (χ0) is 16.2. The fourth-order valence-corrected chi connectivity index (χ4v) is 2.65. The molecule has 4 heteroatoms. The summed E-state index contributed by atoms with van der Waals surface area (Å²) >= 11 is 0. The van der Waals surface area contributed by atoms with Crippen molar-refractivity contribution in [1.29, 1.82) is 0 Å². The molecule has 0 aliphatic carbocycles. The van der Waals surface area contributed by atoms with E-state index in [-0.39, 0.29) is 5.43 Å². The quantitative estimate of drug-likeness (QED) is 0.722. The molecule has 1 heterocycles. The number of ether oxygens (including phenoxy) is 2. The van der Waals surface area contributed by atoms with Crippen LogP contribution in [0.4, 0.5) is 0 Å². The van der Waals surface area contributed by atoms with E-state index in [1.165, 1.54) is 18.7 Å². The Morgan fingerprint density at radius 2 is 1.74 bits per heavy atom. The van der Waals surface area contributed by atoms with Gasteiger partial charge in [-0.05, 0) is 24.1 Å². The van der Waals surface area contributed by atoms with Crippen LogP contribution in [0.15, 0.2) is 57.7 Å². The van der Waals surface area contributed by atoms with Crippen LogP contribution < -0.4 is 14.9 Å². The molecule has 4 nitrogen and oxygen atoms in total. The zero-order valence-electron chi connectivity index (χ0n) is 13.2. The van der Waals surface area contributed by atoms with Crippen LogP contribution in [0.2, 0.25) is 0 Å². The van der Waals surface area contributed by atoms with Crippen molar-refractivity contribution in [2.75, 3.05) is 14.2 Å². The standard InChI is InChI=1S/C19H18O4/c1-21-17-11-10-16-18(19(17)22-2)15(20)12-14(23-16)9-8-13-6-4-3-5-7-13/h3-7,10-12H,8-9H2,1-2H3. The molecule has 0 spiro atoms. The van der Waals surface area contributed by atoms with Gasteiger partial charge in [-0.25, -0.2) is 0 Å². The maximum absolute atomic E-state index is 12.5. The molecule has 1 aromatic heterocycles. The van der Waals surface area contributed by atoms with Gasteiger partial charge in [0, 0.05) is 12.5 Å². The van der Waals surface area contributed by atoms with Crippen molar-refractivity contribution < 1.29 is 13.9 Å². The van der Waals surface area contributed by atoms with Crippen molar-refractivity contribution in [2.45, 2.75) is 12.8 Å². The number of benzene rings is 2. The van der Waals surface area contributed by atoms with Crippen LogP contribution in [0.1, 0.15) is 11.3 Å². The van der Waals surface area contributed by atoms with Gasteiger partial charge in [-0.2, -0.15) is 0 Å². The maximum Gasteiger partial charge on any atom is 0.196 e. The van der Waals surface area contributed by atoms with E-state index >= 15 is 0 Å². The van der Waals surface area contributed by atoms with Gasteiger partial charge in [0.25, 0.3) is 0 Å². The van der Waals surface area contributed by atoms with Gasteiger partial charge in [0.05, 0.1) is 14.2 Å². The summed E-state index contributed by atoms with van der Waals surface area (Å²) in [6.07, 6.45) is 1.49. The molecule has 2 aromatic carbocycles. The average molecular weight is 310 g/mol. The summed E-state index contributed by atoms with van der Waals surface area (Å²) in [6, 6.07) is 15.1. The lowest BCUT2D eigenvalue weighted by Gasteiger charge is -2.10. The van der Waals surface area contributed by atoms with Crippen LogP contribution in [-0.4, -0.2) is 14.2 Å². The third kappa shape index (κ3) is 3.06. The van der Waals surface area contributed by atoms with E-state index in [4.69, 9.17) is 13.9 Å². The van der Waals surface area contributed by atoms with Crippen molar-refractivity contribution in [2.24, 2.45) is 0 Å². The Morgan fingerprint density at radius 1 is 0.957 bits per heavy atom. The first-order chi connectivity index (χ1) is 11.2. The molecule has 0 saturated carbocycles. The summed E-state index contributed by atoms with van der Waals surface area (Å²) in [6.45, 7) is 0. The third-order valence-electron chi connectivity index (χ3n) is 3.79. The molecule has 0 unspecified atom stereocenters. The largest absolute Gasteiger partial charge is 0.493 e. The van der Waals surface area contributed by atoms with Crippen LogP contribution in [0.5, 0.6) is 11.5 Å². The van der Waals surface area contributed by atoms with E-state index in [1.807, 2.05) is 18.2 Å². The van der Waals surface area contributed by atoms with Crippen molar-refractivity contribution in [3.63, 3.8) is 0 Å². The molecule has 0 bridgehead atoms. The second-order valence-corrected chi connectivity index (χ2v) is 5.24. The van der Waals surface area contributed by atoms with Crippen LogP contribution in [-0.2, 0) is 12.8 Å². The van der Waals surface area contributed by atoms with E-state index in [0.717, 1.165) is 6.42 Å². The molecular weight excluding hydrogens is 292 g/mol. The summed E-state index contributed by atoms with van der Waals surface area (Å²) in [5.41, 5.74) is 1.60. The Hall–Kier alpha value is -2.75. The predicted molar refractivity (Wildman–Crippen MR) is 89.4 cm³/mol. The maximum atomic E-state index is 12.5. The minimum atomic E-state index is -0.120. The summed E-state index contributed by atoms with van der Waals surface area (Å²) in [5.74, 6) is 1.59. The Morgan fingerprint density at radius 3 is 2.43 bits per heavy atom. The second kappa shape index (κ2) is 6.57. The minimum Gasteiger partial charge on any atom is -0.493 e. The van der Waals surface area contributed by atoms with Gasteiger partial charge < -0.3 is 13.9 Å². The normalized spacial score (nSPS) is 10.7. The lowest BCUT2D eigenvalue weighted by Crippen LogP contribution is -2.06. The van der Waals surface area contributed by atoms with Gasteiger partial charge in [0.1, 0.15) is 16.7 Å². The lowest BCUT2D eigenvalue weighted by atomic mass is 10.1. The number of rotatable bonds is 5. The number of hydrogen-bond acceptors (Lipinski definition) is 4. The average Bonchev–Trinajstić information content (AvgIpc) is 2.59. The topological polar surface area (TPSA) is 48.7 Å². The number of hydrogen-bond donors (Lipinski definition) is 0. The van der Waals surface area contributed by atoms with Gasteiger partial charge in [-0.1, -0.05) is 30.3 Å². The van der Waals surface area contributed by atoms with Crippen LogP contribution >= 0.6 is 0 Å². The van der Waals surface area contributed by atoms with E-state index in [2.05, 4.69) is 12.1 Å². The third-order valence-corrected chi connectivity index (χ3v) is 3.79. The first kappa shape index (κ1) is 15.2. The molecule has 118 valence electrons. The highest BCUT2D eigenvalue weighted by atomic mass is 16.5. The van der Waals surface area contributed by atoms with Crippen LogP contribution in [0.3, 0.4) is 0 Å². The molecule has 0 saturated heterocycles. The van der Waals surface area contributed by atoms with Gasteiger partial charge in [-0.3, -0.25) is 4.79 Å². The highest BCUT2D eigenvalue weighted by Gasteiger charge is 2.14. The second-order valence-electron chi connectivity index (χ2n) is 5.24. The van der Waals surface area contributed by atoms with Gasteiger partial charge >= 0.3 is 0 Å². The van der Waals surface area contributed by atoms with Crippen molar-refractivity contribution >= 4 is 11.0 Å². The molecular formula is C19H18O4. The summed E-state index contributed by atoms with van der Waals surface area (Å²) < 4.78 is 16.4. The lowest BCUT2D eigenvalue weighted by molar-refractivity contribution is 0.357. The van der Waals surface area contributed by atoms with Gasteiger partial charge in [0.2, 0.25) is 0 Å². The Balaban J connectivity index is 1.97. The first-order valence-electron chi connectivity index (χ1n) is 7.44. The number of methoxy groups -OCH3 is 2. The molecule has 0 N–H and O–H groups in total. The Kier molecular flexibility index (Phi) is 4.33. The molecule has 0 amide bonds. The number of aryl methyl sites for hydroxylation is 2. The fourth-order valence-electron chi connectivity index (χ4n) is 2.65. The molecule has 23 heavy (non-hydrogen) atoms. The van der Waals surface area contributed by atoms with Crippen LogP contribution in [0.25, 0.3) is 11.0 Å². The Labute approximate surface area is 134 Å². The fraction of sp³-hybridized carbons (Fsp3) is 0.211. The van der Waals surface area contributed by atoms with Gasteiger partial charge in [0.15, 0.2) is 16.9 Å². The van der Waals surface area contributed by atoms with Gasteiger partial charge in [-0.15, -0.1) is 0 Å². The van der Waals surface area contributed by atoms with Crippen molar-refractivity contribution in [1.82, 2.24) is 0 Å². The van der Waals surface area contributed by atoms with E-state index in [9.17, 15) is 4.79 Å². The molecule has 3 rings (SSSR count). The SMILES string of the molecule is COc1ccc2oc(CCc3ccccc3)cc(=O)c2c1OC. The number of fused-ring (bicyclic) bond motifs is 1. The van der Waals surface area contributed by atoms with Crippen LogP contribution in [0, 0.1) is 0 Å². The van der Waals surface area contributed by atoms with E-state index in [0.29, 0.717) is 34.6 Å². The highest BCUT2D eigenvalue weighted by Crippen LogP contribution is 2.33. The molecule has 0 aliphatic heterocycles. The molecule has 3 aromatic rings. The monoisotopic (exact) mass is 310 g/mol. The zero-order valence-corrected chi connectivity index (χ0v) is 13.2. The van der Waals surface area contributed by atoms with Crippen molar-refractivity contribution in [3.8, 4) is 11.5 Å². The van der Waals surface area contributed by atoms with E-state index < -0.39 is 0 Å². The smallest absolute Gasteiger partial charge is 0.196 e. The first-order valence-corrected chi connectivity index (χ1v) is 7.44. The highest BCUT2D eigenvalue weighted by molar-refractivity contribution is 5.86. The summed E-state index contributed by atoms with van der Waals surface area (Å²) in [5, 5.41) is 0.412. The van der Waals surface area contributed by atoms with E-state index in [1.54, 1.807) is 19.2 Å². The summed E-state index contributed by atoms with van der Waals surface area (Å²) in [4.78, 5) is 12.5. The Bertz CT molecular complexity index is 866. The predicted octanol–water partition coefficient (Wildman–Crippen LogP) is 3.60. The molecule has 0 atom stereocenters. The molecule has 0 radical (unpaired) electrons.